The molecule has 1 aromatic carbocycles. The van der Waals surface area contributed by atoms with Gasteiger partial charge in [-0.15, -0.1) is 0 Å². The number of furan rings is 1. The average molecular weight is 238 g/mol. The van der Waals surface area contributed by atoms with Crippen molar-refractivity contribution in [2.75, 3.05) is 0 Å². The van der Waals surface area contributed by atoms with Gasteiger partial charge in [0.1, 0.15) is 11.3 Å². The number of rotatable bonds is 0. The fourth-order valence-corrected chi connectivity index (χ4v) is 2.43. The molecule has 0 fully saturated rings. The molecule has 0 spiro atoms. The first-order chi connectivity index (χ1) is 6.36. The fourth-order valence-electron chi connectivity index (χ4n) is 1.85. The van der Waals surface area contributed by atoms with Crippen LogP contribution in [0.3, 0.4) is 0 Å². The molecule has 2 heterocycles. The summed E-state index contributed by atoms with van der Waals surface area (Å²) in [5.41, 5.74) is 2.29. The van der Waals surface area contributed by atoms with Crippen molar-refractivity contribution in [2.24, 2.45) is 0 Å². The van der Waals surface area contributed by atoms with Gasteiger partial charge in [0.2, 0.25) is 0 Å². The number of nitrogens with one attached hydrogen (secondary N) is 1. The summed E-state index contributed by atoms with van der Waals surface area (Å²) >= 11 is 3.54. The fraction of sp³-hybridized carbons (Fsp3) is 0.200. The molecule has 1 aliphatic rings. The van der Waals surface area contributed by atoms with Crippen molar-refractivity contribution in [3.63, 3.8) is 0 Å². The van der Waals surface area contributed by atoms with E-state index in [1.807, 2.05) is 12.1 Å². The second-order valence-electron chi connectivity index (χ2n) is 3.22. The lowest BCUT2D eigenvalue weighted by Gasteiger charge is -1.95. The van der Waals surface area contributed by atoms with Crippen LogP contribution in [0.15, 0.2) is 27.1 Å². The molecule has 0 atom stereocenters. The first-order valence-corrected chi connectivity index (χ1v) is 5.05. The van der Waals surface area contributed by atoms with Crippen molar-refractivity contribution in [3.8, 4) is 0 Å². The lowest BCUT2D eigenvalue weighted by molar-refractivity contribution is 0.544. The van der Waals surface area contributed by atoms with Gasteiger partial charge in [-0.2, -0.15) is 0 Å². The summed E-state index contributed by atoms with van der Waals surface area (Å²) in [4.78, 5) is 0. The first kappa shape index (κ1) is 7.59. The second kappa shape index (κ2) is 2.59. The van der Waals surface area contributed by atoms with E-state index in [1.54, 1.807) is 0 Å². The van der Waals surface area contributed by atoms with Crippen LogP contribution in [-0.4, -0.2) is 0 Å². The molecule has 2 nitrogen and oxygen atoms in total. The average Bonchev–Trinajstić information content (AvgIpc) is 2.62. The number of benzene rings is 1. The maximum atomic E-state index is 5.70. The Morgan fingerprint density at radius 3 is 3.15 bits per heavy atom. The number of hydrogen-bond donors (Lipinski definition) is 1. The molecule has 0 saturated heterocycles. The van der Waals surface area contributed by atoms with Gasteiger partial charge in [0, 0.05) is 22.0 Å². The van der Waals surface area contributed by atoms with Crippen LogP contribution in [0.1, 0.15) is 11.3 Å². The van der Waals surface area contributed by atoms with Crippen molar-refractivity contribution >= 4 is 26.9 Å². The van der Waals surface area contributed by atoms with Crippen molar-refractivity contribution in [1.82, 2.24) is 5.32 Å². The van der Waals surface area contributed by atoms with Crippen molar-refractivity contribution < 1.29 is 4.42 Å². The summed E-state index contributed by atoms with van der Waals surface area (Å²) in [6.45, 7) is 1.78. The Kier molecular flexibility index (Phi) is 1.51. The zero-order valence-corrected chi connectivity index (χ0v) is 8.52. The number of halogens is 1. The molecule has 1 aromatic heterocycles. The van der Waals surface area contributed by atoms with E-state index in [0.717, 1.165) is 28.9 Å². The minimum absolute atomic E-state index is 0.858. The van der Waals surface area contributed by atoms with Gasteiger partial charge in [-0.25, -0.2) is 0 Å². The third-order valence-corrected chi connectivity index (χ3v) is 3.10. The second-order valence-corrected chi connectivity index (χ2v) is 4.07. The highest BCUT2D eigenvalue weighted by atomic mass is 79.9. The normalized spacial score (nSPS) is 15.2. The van der Waals surface area contributed by atoms with Crippen LogP contribution in [0.4, 0.5) is 0 Å². The third kappa shape index (κ3) is 0.974. The van der Waals surface area contributed by atoms with E-state index in [9.17, 15) is 0 Å². The van der Waals surface area contributed by atoms with Gasteiger partial charge in [-0.05, 0) is 12.1 Å². The summed E-state index contributed by atoms with van der Waals surface area (Å²) in [6.07, 6.45) is 0. The maximum absolute atomic E-state index is 5.70. The zero-order valence-electron chi connectivity index (χ0n) is 6.93. The molecule has 3 heteroatoms. The van der Waals surface area contributed by atoms with E-state index < -0.39 is 0 Å². The van der Waals surface area contributed by atoms with Crippen LogP contribution >= 0.6 is 15.9 Å². The Hall–Kier alpha value is -0.800. The number of fused-ring (bicyclic) bond motifs is 3. The first-order valence-electron chi connectivity index (χ1n) is 4.26. The molecular weight excluding hydrogens is 230 g/mol. The Morgan fingerprint density at radius 1 is 1.31 bits per heavy atom. The molecule has 1 aliphatic heterocycles. The molecule has 0 bridgehead atoms. The monoisotopic (exact) mass is 237 g/mol. The van der Waals surface area contributed by atoms with Crippen LogP contribution in [0.2, 0.25) is 0 Å². The van der Waals surface area contributed by atoms with E-state index in [2.05, 4.69) is 27.3 Å². The SMILES string of the molecule is Brc1cccc2oc3c(c12)CNC3. The minimum Gasteiger partial charge on any atom is -0.459 e. The molecule has 1 N–H and O–H groups in total. The molecule has 3 rings (SSSR count). The van der Waals surface area contributed by atoms with Gasteiger partial charge in [-0.1, -0.05) is 22.0 Å². The molecule has 0 unspecified atom stereocenters. The largest absolute Gasteiger partial charge is 0.459 e. The Morgan fingerprint density at radius 2 is 2.23 bits per heavy atom. The predicted octanol–water partition coefficient (Wildman–Crippen LogP) is 2.80. The van der Waals surface area contributed by atoms with Gasteiger partial charge in [-0.3, -0.25) is 0 Å². The van der Waals surface area contributed by atoms with E-state index in [-0.39, 0.29) is 0 Å². The minimum atomic E-state index is 0.858. The Labute approximate surface area is 84.0 Å². The van der Waals surface area contributed by atoms with Crippen LogP contribution in [-0.2, 0) is 13.1 Å². The molecule has 13 heavy (non-hydrogen) atoms. The number of hydrogen-bond acceptors (Lipinski definition) is 2. The van der Waals surface area contributed by atoms with E-state index in [4.69, 9.17) is 4.42 Å². The van der Waals surface area contributed by atoms with E-state index in [0.29, 0.717) is 0 Å². The summed E-state index contributed by atoms with van der Waals surface area (Å²) in [7, 11) is 0. The summed E-state index contributed by atoms with van der Waals surface area (Å²) < 4.78 is 6.82. The molecule has 2 aromatic rings. The van der Waals surface area contributed by atoms with Crippen LogP contribution < -0.4 is 5.32 Å². The molecule has 66 valence electrons. The van der Waals surface area contributed by atoms with Crippen molar-refractivity contribution in [2.45, 2.75) is 13.1 Å². The zero-order chi connectivity index (χ0) is 8.84. The van der Waals surface area contributed by atoms with Gasteiger partial charge in [0.05, 0.1) is 6.54 Å². The quantitative estimate of drug-likeness (QED) is 0.763. The lowest BCUT2D eigenvalue weighted by atomic mass is 10.1. The smallest absolute Gasteiger partial charge is 0.135 e. The Bertz CT molecular complexity index is 475. The van der Waals surface area contributed by atoms with Gasteiger partial charge < -0.3 is 9.73 Å². The van der Waals surface area contributed by atoms with E-state index >= 15 is 0 Å². The molecule has 0 amide bonds. The summed E-state index contributed by atoms with van der Waals surface area (Å²) in [5, 5.41) is 4.50. The van der Waals surface area contributed by atoms with E-state index in [1.165, 1.54) is 10.9 Å². The van der Waals surface area contributed by atoms with Crippen LogP contribution in [0.25, 0.3) is 11.0 Å². The van der Waals surface area contributed by atoms with Crippen molar-refractivity contribution in [1.29, 1.82) is 0 Å². The van der Waals surface area contributed by atoms with Gasteiger partial charge in [0.15, 0.2) is 0 Å². The standard InChI is InChI=1S/C10H8BrNO/c11-7-2-1-3-8-10(7)6-4-12-5-9(6)13-8/h1-3,12H,4-5H2. The van der Waals surface area contributed by atoms with Gasteiger partial charge >= 0.3 is 0 Å². The highest BCUT2D eigenvalue weighted by Crippen LogP contribution is 2.33. The molecular formula is C10H8BrNO. The van der Waals surface area contributed by atoms with Gasteiger partial charge in [0.25, 0.3) is 0 Å². The Balaban J connectivity index is 2.46. The summed E-state index contributed by atoms with van der Waals surface area (Å²) in [5.74, 6) is 1.09. The lowest BCUT2D eigenvalue weighted by Crippen LogP contribution is -2.01. The van der Waals surface area contributed by atoms with Crippen LogP contribution in [0.5, 0.6) is 0 Å². The maximum Gasteiger partial charge on any atom is 0.135 e. The molecule has 0 radical (unpaired) electrons. The predicted molar refractivity (Wildman–Crippen MR) is 54.5 cm³/mol. The highest BCUT2D eigenvalue weighted by molar-refractivity contribution is 9.10. The topological polar surface area (TPSA) is 25.2 Å². The van der Waals surface area contributed by atoms with Crippen molar-refractivity contribution in [3.05, 3.63) is 34.0 Å². The molecule has 0 saturated carbocycles. The van der Waals surface area contributed by atoms with Crippen LogP contribution in [0, 0.1) is 0 Å². The third-order valence-electron chi connectivity index (χ3n) is 2.43. The summed E-state index contributed by atoms with van der Waals surface area (Å²) in [6, 6.07) is 6.06. The molecule has 0 aliphatic carbocycles. The highest BCUT2D eigenvalue weighted by Gasteiger charge is 2.19.